The number of carbonyl (C=O) groups is 2. The predicted molar refractivity (Wildman–Crippen MR) is 102 cm³/mol. The number of nitrogens with one attached hydrogen (secondary N) is 1. The summed E-state index contributed by atoms with van der Waals surface area (Å²) >= 11 is 5.95. The zero-order valence-electron chi connectivity index (χ0n) is 14.8. The van der Waals surface area contributed by atoms with Gasteiger partial charge in [-0.25, -0.2) is 4.39 Å². The fraction of sp³-hybridized carbons (Fsp3) is 0.300. The number of rotatable bonds is 5. The van der Waals surface area contributed by atoms with Crippen molar-refractivity contribution in [1.29, 1.82) is 0 Å². The molecular formula is C20H21ClFN3O2. The molecule has 0 radical (unpaired) electrons. The van der Waals surface area contributed by atoms with Crippen molar-refractivity contribution in [2.45, 2.75) is 6.54 Å². The Bertz CT molecular complexity index is 822. The second kappa shape index (κ2) is 8.97. The molecule has 0 aromatic heterocycles. The Balaban J connectivity index is 1.44. The van der Waals surface area contributed by atoms with E-state index < -0.39 is 0 Å². The first-order valence-electron chi connectivity index (χ1n) is 8.80. The van der Waals surface area contributed by atoms with E-state index in [0.717, 1.165) is 0 Å². The fourth-order valence-electron chi connectivity index (χ4n) is 3.01. The second-order valence-electron chi connectivity index (χ2n) is 6.45. The molecule has 2 amide bonds. The third kappa shape index (κ3) is 5.28. The van der Waals surface area contributed by atoms with E-state index in [1.807, 2.05) is 4.90 Å². The van der Waals surface area contributed by atoms with E-state index in [-0.39, 0.29) is 30.7 Å². The Morgan fingerprint density at radius 2 is 1.78 bits per heavy atom. The van der Waals surface area contributed by atoms with Crippen molar-refractivity contribution in [3.63, 3.8) is 0 Å². The van der Waals surface area contributed by atoms with Crippen LogP contribution in [0, 0.1) is 5.82 Å². The minimum atomic E-state index is -0.328. The highest BCUT2D eigenvalue weighted by Crippen LogP contribution is 2.14. The Morgan fingerprint density at radius 3 is 2.48 bits per heavy atom. The number of halogens is 2. The zero-order chi connectivity index (χ0) is 19.2. The molecule has 1 aliphatic heterocycles. The molecule has 2 aromatic rings. The minimum absolute atomic E-state index is 0.0545. The predicted octanol–water partition coefficient (Wildman–Crippen LogP) is 2.55. The van der Waals surface area contributed by atoms with Gasteiger partial charge in [0.1, 0.15) is 5.82 Å². The van der Waals surface area contributed by atoms with Crippen LogP contribution in [0.5, 0.6) is 0 Å². The van der Waals surface area contributed by atoms with Gasteiger partial charge in [-0.3, -0.25) is 14.5 Å². The summed E-state index contributed by atoms with van der Waals surface area (Å²) in [7, 11) is 0. The van der Waals surface area contributed by atoms with Crippen LogP contribution in [0.2, 0.25) is 5.02 Å². The molecule has 0 spiro atoms. The van der Waals surface area contributed by atoms with Crippen molar-refractivity contribution in [3.8, 4) is 0 Å². The van der Waals surface area contributed by atoms with Gasteiger partial charge in [0, 0.05) is 48.9 Å². The summed E-state index contributed by atoms with van der Waals surface area (Å²) in [6.45, 7) is 2.71. The largest absolute Gasteiger partial charge is 0.351 e. The molecule has 0 unspecified atom stereocenters. The molecule has 1 heterocycles. The molecule has 0 bridgehead atoms. The molecular weight excluding hydrogens is 369 g/mol. The lowest BCUT2D eigenvalue weighted by Gasteiger charge is -2.34. The van der Waals surface area contributed by atoms with E-state index in [4.69, 9.17) is 11.6 Å². The topological polar surface area (TPSA) is 52.7 Å². The number of nitrogens with zero attached hydrogens (tertiary/aromatic N) is 2. The summed E-state index contributed by atoms with van der Waals surface area (Å²) in [4.78, 5) is 28.4. The van der Waals surface area contributed by atoms with Gasteiger partial charge in [0.05, 0.1) is 6.54 Å². The molecule has 5 nitrogen and oxygen atoms in total. The lowest BCUT2D eigenvalue weighted by atomic mass is 10.2. The van der Waals surface area contributed by atoms with E-state index in [1.54, 1.807) is 47.4 Å². The van der Waals surface area contributed by atoms with E-state index in [1.165, 1.54) is 6.07 Å². The van der Waals surface area contributed by atoms with Crippen molar-refractivity contribution in [2.75, 3.05) is 32.7 Å². The van der Waals surface area contributed by atoms with Gasteiger partial charge in [0.25, 0.3) is 5.91 Å². The van der Waals surface area contributed by atoms with E-state index in [0.29, 0.717) is 42.3 Å². The van der Waals surface area contributed by atoms with Gasteiger partial charge < -0.3 is 10.2 Å². The highest BCUT2D eigenvalue weighted by Gasteiger charge is 2.23. The van der Waals surface area contributed by atoms with Gasteiger partial charge >= 0.3 is 0 Å². The number of piperazine rings is 1. The average molecular weight is 390 g/mol. The minimum Gasteiger partial charge on any atom is -0.351 e. The molecule has 3 rings (SSSR count). The monoisotopic (exact) mass is 389 g/mol. The molecule has 1 aliphatic rings. The summed E-state index contributed by atoms with van der Waals surface area (Å²) in [5, 5.41) is 3.27. The van der Waals surface area contributed by atoms with E-state index >= 15 is 0 Å². The smallest absolute Gasteiger partial charge is 0.253 e. The Labute approximate surface area is 162 Å². The van der Waals surface area contributed by atoms with Crippen molar-refractivity contribution in [3.05, 3.63) is 70.5 Å². The lowest BCUT2D eigenvalue weighted by Crippen LogP contribution is -2.51. The molecule has 142 valence electrons. The Morgan fingerprint density at radius 1 is 1.04 bits per heavy atom. The van der Waals surface area contributed by atoms with Crippen molar-refractivity contribution >= 4 is 23.4 Å². The van der Waals surface area contributed by atoms with Crippen molar-refractivity contribution in [1.82, 2.24) is 15.1 Å². The molecule has 1 N–H and O–H groups in total. The number of amides is 2. The normalized spacial score (nSPS) is 14.8. The van der Waals surface area contributed by atoms with Crippen LogP contribution >= 0.6 is 11.6 Å². The van der Waals surface area contributed by atoms with Gasteiger partial charge in [-0.05, 0) is 24.3 Å². The molecule has 0 saturated carbocycles. The van der Waals surface area contributed by atoms with E-state index in [9.17, 15) is 14.0 Å². The summed E-state index contributed by atoms with van der Waals surface area (Å²) in [5.41, 5.74) is 1.03. The molecule has 27 heavy (non-hydrogen) atoms. The molecule has 1 saturated heterocycles. The highest BCUT2D eigenvalue weighted by molar-refractivity contribution is 6.30. The van der Waals surface area contributed by atoms with Crippen LogP contribution < -0.4 is 5.32 Å². The summed E-state index contributed by atoms with van der Waals surface area (Å²) < 4.78 is 13.6. The molecule has 0 aliphatic carbocycles. The number of carbonyl (C=O) groups excluding carboxylic acids is 2. The van der Waals surface area contributed by atoms with Gasteiger partial charge in [-0.1, -0.05) is 35.9 Å². The Kier molecular flexibility index (Phi) is 6.42. The SMILES string of the molecule is O=C(CN1CCN(C(=O)c2cccc(Cl)c2)CC1)NCc1ccccc1F. The number of benzene rings is 2. The van der Waals surface area contributed by atoms with E-state index in [2.05, 4.69) is 5.32 Å². The van der Waals surface area contributed by atoms with Crippen LogP contribution in [-0.4, -0.2) is 54.3 Å². The lowest BCUT2D eigenvalue weighted by molar-refractivity contribution is -0.122. The van der Waals surface area contributed by atoms with Crippen molar-refractivity contribution < 1.29 is 14.0 Å². The number of hydrogen-bond donors (Lipinski definition) is 1. The van der Waals surface area contributed by atoms with Gasteiger partial charge in [-0.2, -0.15) is 0 Å². The average Bonchev–Trinajstić information content (AvgIpc) is 2.67. The molecule has 1 fully saturated rings. The first kappa shape index (κ1) is 19.3. The molecule has 0 atom stereocenters. The maximum atomic E-state index is 13.6. The standard InChI is InChI=1S/C20H21ClFN3O2/c21-17-6-3-5-15(12-17)20(27)25-10-8-24(9-11-25)14-19(26)23-13-16-4-1-2-7-18(16)22/h1-7,12H,8-11,13-14H2,(H,23,26). The first-order chi connectivity index (χ1) is 13.0. The first-order valence-corrected chi connectivity index (χ1v) is 9.18. The fourth-order valence-corrected chi connectivity index (χ4v) is 3.20. The summed E-state index contributed by atoms with van der Waals surface area (Å²) in [5.74, 6) is -0.542. The van der Waals surface area contributed by atoms with Crippen LogP contribution in [0.25, 0.3) is 0 Å². The maximum absolute atomic E-state index is 13.6. The van der Waals surface area contributed by atoms with Crippen LogP contribution in [0.15, 0.2) is 48.5 Å². The van der Waals surface area contributed by atoms with Crippen LogP contribution in [0.3, 0.4) is 0 Å². The second-order valence-corrected chi connectivity index (χ2v) is 6.88. The molecule has 7 heteroatoms. The maximum Gasteiger partial charge on any atom is 0.253 e. The Hall–Kier alpha value is -2.44. The third-order valence-electron chi connectivity index (χ3n) is 4.53. The van der Waals surface area contributed by atoms with Gasteiger partial charge in [0.2, 0.25) is 5.91 Å². The quantitative estimate of drug-likeness (QED) is 0.855. The van der Waals surface area contributed by atoms with Gasteiger partial charge in [0.15, 0.2) is 0 Å². The summed E-state index contributed by atoms with van der Waals surface area (Å²) in [6.07, 6.45) is 0. The van der Waals surface area contributed by atoms with Crippen LogP contribution in [0.1, 0.15) is 15.9 Å². The highest BCUT2D eigenvalue weighted by atomic mass is 35.5. The number of hydrogen-bond acceptors (Lipinski definition) is 3. The molecule has 2 aromatic carbocycles. The van der Waals surface area contributed by atoms with Crippen molar-refractivity contribution in [2.24, 2.45) is 0 Å². The van der Waals surface area contributed by atoms with Gasteiger partial charge in [-0.15, -0.1) is 0 Å². The summed E-state index contributed by atoms with van der Waals surface area (Å²) in [6, 6.07) is 13.3. The third-order valence-corrected chi connectivity index (χ3v) is 4.77. The zero-order valence-corrected chi connectivity index (χ0v) is 15.6. The van der Waals surface area contributed by atoms with Crippen LogP contribution in [-0.2, 0) is 11.3 Å². The van der Waals surface area contributed by atoms with Crippen LogP contribution in [0.4, 0.5) is 4.39 Å².